The van der Waals surface area contributed by atoms with Crippen molar-refractivity contribution in [1.82, 2.24) is 10.5 Å². The van der Waals surface area contributed by atoms with Gasteiger partial charge in [-0.25, -0.2) is 0 Å². The molecule has 0 aliphatic carbocycles. The number of amides is 1. The van der Waals surface area contributed by atoms with Crippen molar-refractivity contribution < 1.29 is 9.32 Å². The van der Waals surface area contributed by atoms with Crippen LogP contribution >= 0.6 is 15.9 Å². The first-order valence-corrected chi connectivity index (χ1v) is 4.67. The number of alkyl halides is 1. The molecule has 12 heavy (non-hydrogen) atoms. The SMILES string of the molecule is O=C(CCBr)NCc1ccno1. The molecular weight excluding hydrogens is 224 g/mol. The summed E-state index contributed by atoms with van der Waals surface area (Å²) in [6, 6.07) is 1.72. The van der Waals surface area contributed by atoms with E-state index in [4.69, 9.17) is 4.52 Å². The molecule has 0 spiro atoms. The van der Waals surface area contributed by atoms with Gasteiger partial charge in [-0.05, 0) is 0 Å². The largest absolute Gasteiger partial charge is 0.360 e. The highest BCUT2D eigenvalue weighted by Crippen LogP contribution is 1.95. The summed E-state index contributed by atoms with van der Waals surface area (Å²) in [6.45, 7) is 0.409. The van der Waals surface area contributed by atoms with Crippen LogP contribution in [0.1, 0.15) is 12.2 Å². The molecular formula is C7H9BrN2O2. The van der Waals surface area contributed by atoms with E-state index in [-0.39, 0.29) is 5.91 Å². The van der Waals surface area contributed by atoms with Crippen LogP contribution in [0.15, 0.2) is 16.8 Å². The third kappa shape index (κ3) is 3.04. The van der Waals surface area contributed by atoms with Crippen LogP contribution in [0.2, 0.25) is 0 Å². The summed E-state index contributed by atoms with van der Waals surface area (Å²) >= 11 is 3.17. The quantitative estimate of drug-likeness (QED) is 0.791. The van der Waals surface area contributed by atoms with E-state index in [1.54, 1.807) is 12.3 Å². The average Bonchev–Trinajstić information content (AvgIpc) is 2.53. The minimum atomic E-state index is 0.00303. The zero-order valence-electron chi connectivity index (χ0n) is 6.42. The molecule has 0 aliphatic heterocycles. The number of rotatable bonds is 4. The number of nitrogens with one attached hydrogen (secondary N) is 1. The Kier molecular flexibility index (Phi) is 3.79. The monoisotopic (exact) mass is 232 g/mol. The minimum Gasteiger partial charge on any atom is -0.360 e. The highest BCUT2D eigenvalue weighted by atomic mass is 79.9. The summed E-state index contributed by atoms with van der Waals surface area (Å²) in [5.74, 6) is 0.668. The third-order valence-corrected chi connectivity index (χ3v) is 1.67. The molecule has 0 unspecified atom stereocenters. The van der Waals surface area contributed by atoms with Gasteiger partial charge in [-0.15, -0.1) is 0 Å². The molecule has 0 fully saturated rings. The number of carbonyl (C=O) groups is 1. The van der Waals surface area contributed by atoms with Crippen LogP contribution < -0.4 is 5.32 Å². The molecule has 0 saturated heterocycles. The number of hydrogen-bond donors (Lipinski definition) is 1. The molecule has 0 saturated carbocycles. The zero-order valence-corrected chi connectivity index (χ0v) is 8.00. The summed E-state index contributed by atoms with van der Waals surface area (Å²) in [5, 5.41) is 6.87. The van der Waals surface area contributed by atoms with Gasteiger partial charge in [0, 0.05) is 17.8 Å². The minimum absolute atomic E-state index is 0.00303. The van der Waals surface area contributed by atoms with E-state index in [2.05, 4.69) is 26.4 Å². The Morgan fingerprint density at radius 3 is 3.17 bits per heavy atom. The summed E-state index contributed by atoms with van der Waals surface area (Å²) in [4.78, 5) is 10.9. The molecule has 1 aromatic heterocycles. The lowest BCUT2D eigenvalue weighted by molar-refractivity contribution is -0.120. The van der Waals surface area contributed by atoms with Gasteiger partial charge in [-0.1, -0.05) is 21.1 Å². The van der Waals surface area contributed by atoms with Crippen molar-refractivity contribution in [2.45, 2.75) is 13.0 Å². The number of carbonyl (C=O) groups excluding carboxylic acids is 1. The molecule has 0 atom stereocenters. The van der Waals surface area contributed by atoms with E-state index in [1.165, 1.54) is 0 Å². The molecule has 1 aromatic rings. The molecule has 0 aromatic carbocycles. The standard InChI is InChI=1S/C7H9BrN2O2/c8-3-1-7(11)9-5-6-2-4-10-12-6/h2,4H,1,3,5H2,(H,9,11). The predicted octanol–water partition coefficient (Wildman–Crippen LogP) is 1.08. The van der Waals surface area contributed by atoms with Crippen molar-refractivity contribution in [3.05, 3.63) is 18.0 Å². The molecule has 0 aliphatic rings. The molecule has 1 rings (SSSR count). The highest BCUT2D eigenvalue weighted by molar-refractivity contribution is 9.09. The first kappa shape index (κ1) is 9.25. The Hall–Kier alpha value is -0.840. The van der Waals surface area contributed by atoms with E-state index < -0.39 is 0 Å². The van der Waals surface area contributed by atoms with E-state index in [0.717, 1.165) is 0 Å². The number of halogens is 1. The van der Waals surface area contributed by atoms with Gasteiger partial charge in [0.2, 0.25) is 5.91 Å². The third-order valence-electron chi connectivity index (χ3n) is 1.27. The van der Waals surface area contributed by atoms with Crippen molar-refractivity contribution >= 4 is 21.8 Å². The Morgan fingerprint density at radius 1 is 1.75 bits per heavy atom. The van der Waals surface area contributed by atoms with Crippen LogP contribution in [-0.2, 0) is 11.3 Å². The van der Waals surface area contributed by atoms with Gasteiger partial charge in [0.25, 0.3) is 0 Å². The Balaban J connectivity index is 2.22. The fraction of sp³-hybridized carbons (Fsp3) is 0.429. The lowest BCUT2D eigenvalue weighted by atomic mass is 10.4. The first-order chi connectivity index (χ1) is 5.83. The summed E-state index contributed by atoms with van der Waals surface area (Å²) < 4.78 is 4.79. The topological polar surface area (TPSA) is 55.1 Å². The van der Waals surface area contributed by atoms with Crippen LogP contribution in [0, 0.1) is 0 Å². The second-order valence-electron chi connectivity index (χ2n) is 2.19. The Morgan fingerprint density at radius 2 is 2.58 bits per heavy atom. The lowest BCUT2D eigenvalue weighted by Crippen LogP contribution is -2.22. The van der Waals surface area contributed by atoms with Gasteiger partial charge < -0.3 is 9.84 Å². The van der Waals surface area contributed by atoms with Crippen molar-refractivity contribution in [3.8, 4) is 0 Å². The number of aromatic nitrogens is 1. The summed E-state index contributed by atoms with van der Waals surface area (Å²) in [5.41, 5.74) is 0. The smallest absolute Gasteiger partial charge is 0.221 e. The maximum Gasteiger partial charge on any atom is 0.221 e. The molecule has 1 N–H and O–H groups in total. The maximum atomic E-state index is 10.9. The fourth-order valence-electron chi connectivity index (χ4n) is 0.693. The highest BCUT2D eigenvalue weighted by Gasteiger charge is 2.01. The van der Waals surface area contributed by atoms with Crippen molar-refractivity contribution in [2.24, 2.45) is 0 Å². The second kappa shape index (κ2) is 4.92. The molecule has 0 bridgehead atoms. The second-order valence-corrected chi connectivity index (χ2v) is 2.99. The summed E-state index contributed by atoms with van der Waals surface area (Å²) in [7, 11) is 0. The van der Waals surface area contributed by atoms with Crippen LogP contribution in [0.4, 0.5) is 0 Å². The van der Waals surface area contributed by atoms with Crippen LogP contribution in [-0.4, -0.2) is 16.4 Å². The molecule has 0 radical (unpaired) electrons. The van der Waals surface area contributed by atoms with Gasteiger partial charge in [0.05, 0.1) is 12.7 Å². The maximum absolute atomic E-state index is 10.9. The molecule has 1 amide bonds. The molecule has 5 heteroatoms. The summed E-state index contributed by atoms with van der Waals surface area (Å²) in [6.07, 6.45) is 2.03. The van der Waals surface area contributed by atoms with Crippen LogP contribution in [0.3, 0.4) is 0 Å². The lowest BCUT2D eigenvalue weighted by Gasteiger charge is -1.98. The van der Waals surface area contributed by atoms with Crippen LogP contribution in [0.25, 0.3) is 0 Å². The van der Waals surface area contributed by atoms with Gasteiger partial charge >= 0.3 is 0 Å². The van der Waals surface area contributed by atoms with Gasteiger partial charge in [-0.2, -0.15) is 0 Å². The van der Waals surface area contributed by atoms with E-state index >= 15 is 0 Å². The van der Waals surface area contributed by atoms with Crippen molar-refractivity contribution in [1.29, 1.82) is 0 Å². The molecule has 1 heterocycles. The van der Waals surface area contributed by atoms with Gasteiger partial charge in [0.15, 0.2) is 5.76 Å². The Bertz CT molecular complexity index is 236. The van der Waals surface area contributed by atoms with Gasteiger partial charge in [-0.3, -0.25) is 4.79 Å². The number of nitrogens with zero attached hydrogens (tertiary/aromatic N) is 1. The van der Waals surface area contributed by atoms with Gasteiger partial charge in [0.1, 0.15) is 0 Å². The molecule has 66 valence electrons. The van der Waals surface area contributed by atoms with Crippen molar-refractivity contribution in [2.75, 3.05) is 5.33 Å². The molecule has 4 nitrogen and oxygen atoms in total. The normalized spacial score (nSPS) is 9.75. The van der Waals surface area contributed by atoms with E-state index in [1.807, 2.05) is 0 Å². The fourth-order valence-corrected chi connectivity index (χ4v) is 1.05. The van der Waals surface area contributed by atoms with E-state index in [9.17, 15) is 4.79 Å². The Labute approximate surface area is 78.4 Å². The zero-order chi connectivity index (χ0) is 8.81. The van der Waals surface area contributed by atoms with E-state index in [0.29, 0.717) is 24.1 Å². The van der Waals surface area contributed by atoms with Crippen molar-refractivity contribution in [3.63, 3.8) is 0 Å². The first-order valence-electron chi connectivity index (χ1n) is 3.55. The number of hydrogen-bond acceptors (Lipinski definition) is 3. The van der Waals surface area contributed by atoms with Crippen LogP contribution in [0.5, 0.6) is 0 Å². The predicted molar refractivity (Wildman–Crippen MR) is 46.8 cm³/mol. The average molecular weight is 233 g/mol.